The molecule has 0 N–H and O–H groups in total. The third-order valence-corrected chi connectivity index (χ3v) is 9.44. The van der Waals surface area contributed by atoms with Crippen molar-refractivity contribution in [1.29, 1.82) is 0 Å². The number of fused-ring (bicyclic) bond motifs is 8. The van der Waals surface area contributed by atoms with Crippen molar-refractivity contribution in [2.45, 2.75) is 33.1 Å². The number of para-hydroxylation sites is 3. The molecule has 0 aliphatic carbocycles. The Balaban J connectivity index is 1.35. The van der Waals surface area contributed by atoms with E-state index in [0.29, 0.717) is 0 Å². The third kappa shape index (κ3) is 3.72. The minimum absolute atomic E-state index is 0.0395. The molecule has 0 bridgehead atoms. The smallest absolute Gasteiger partial charge is 0.162 e. The van der Waals surface area contributed by atoms with Gasteiger partial charge < -0.3 is 4.57 Å². The molecule has 0 spiro atoms. The second-order valence-corrected chi connectivity index (χ2v) is 13.2. The number of allylic oxidation sites excluding steroid dienone is 1. The Bertz CT molecular complexity index is 2520. The molecule has 4 nitrogen and oxygen atoms in total. The average molecular weight is 581 g/mol. The first-order chi connectivity index (χ1) is 21.9. The first-order valence-corrected chi connectivity index (χ1v) is 15.6. The Kier molecular flexibility index (Phi) is 5.34. The van der Waals surface area contributed by atoms with Crippen LogP contribution in [-0.2, 0) is 5.41 Å². The fraction of sp³-hybridized carbons (Fsp3) is 0.122. The molecule has 4 heteroatoms. The topological polar surface area (TPSA) is 35.6 Å². The zero-order valence-electron chi connectivity index (χ0n) is 25.8. The number of hydrogen-bond acceptors (Lipinski definition) is 2. The predicted octanol–water partition coefficient (Wildman–Crippen LogP) is 10.5. The van der Waals surface area contributed by atoms with Gasteiger partial charge in [-0.15, -0.1) is 0 Å². The van der Waals surface area contributed by atoms with Crippen LogP contribution in [0.25, 0.3) is 78.2 Å². The molecule has 0 fully saturated rings. The van der Waals surface area contributed by atoms with E-state index >= 15 is 0 Å². The van der Waals surface area contributed by atoms with Gasteiger partial charge in [0.15, 0.2) is 5.82 Å². The van der Waals surface area contributed by atoms with Gasteiger partial charge in [-0.3, -0.25) is 4.57 Å². The summed E-state index contributed by atoms with van der Waals surface area (Å²) in [5.41, 5.74) is 12.7. The Labute approximate surface area is 261 Å². The van der Waals surface area contributed by atoms with E-state index in [1.54, 1.807) is 0 Å². The molecule has 0 unspecified atom stereocenters. The molecule has 216 valence electrons. The van der Waals surface area contributed by atoms with Gasteiger partial charge in [-0.25, -0.2) is 9.97 Å². The number of hydrogen-bond donors (Lipinski definition) is 0. The Morgan fingerprint density at radius 3 is 2.20 bits per heavy atom. The van der Waals surface area contributed by atoms with E-state index in [-0.39, 0.29) is 5.41 Å². The lowest BCUT2D eigenvalue weighted by Crippen LogP contribution is -2.11. The van der Waals surface area contributed by atoms with Crippen LogP contribution in [0, 0.1) is 0 Å². The highest BCUT2D eigenvalue weighted by molar-refractivity contribution is 6.15. The molecule has 0 saturated carbocycles. The van der Waals surface area contributed by atoms with Gasteiger partial charge in [0.1, 0.15) is 5.65 Å². The zero-order chi connectivity index (χ0) is 30.4. The number of benzene rings is 5. The van der Waals surface area contributed by atoms with Crippen molar-refractivity contribution >= 4 is 55.4 Å². The summed E-state index contributed by atoms with van der Waals surface area (Å²) in [6.45, 7) is 9.07. The average Bonchev–Trinajstić information content (AvgIpc) is 3.52. The Morgan fingerprint density at radius 1 is 0.622 bits per heavy atom. The lowest BCUT2D eigenvalue weighted by Gasteiger charge is -2.20. The van der Waals surface area contributed by atoms with Crippen LogP contribution < -0.4 is 0 Å². The fourth-order valence-electron chi connectivity index (χ4n) is 7.20. The first-order valence-electron chi connectivity index (χ1n) is 15.6. The maximum absolute atomic E-state index is 5.33. The molecule has 1 aliphatic rings. The van der Waals surface area contributed by atoms with Gasteiger partial charge in [0.2, 0.25) is 0 Å². The summed E-state index contributed by atoms with van der Waals surface area (Å²) in [5, 5.41) is 4.75. The van der Waals surface area contributed by atoms with E-state index in [4.69, 9.17) is 9.97 Å². The minimum atomic E-state index is 0.0395. The highest BCUT2D eigenvalue weighted by Crippen LogP contribution is 2.43. The van der Waals surface area contributed by atoms with Gasteiger partial charge in [0, 0.05) is 50.1 Å². The summed E-state index contributed by atoms with van der Waals surface area (Å²) in [4.78, 5) is 10.4. The van der Waals surface area contributed by atoms with Crippen LogP contribution in [0.1, 0.15) is 44.4 Å². The van der Waals surface area contributed by atoms with E-state index < -0.39 is 0 Å². The molecule has 9 rings (SSSR count). The van der Waals surface area contributed by atoms with Crippen LogP contribution in [0.2, 0.25) is 0 Å². The van der Waals surface area contributed by atoms with E-state index in [2.05, 4.69) is 152 Å². The van der Waals surface area contributed by atoms with E-state index in [1.807, 2.05) is 6.20 Å². The molecular formula is C41H32N4. The minimum Gasteiger partial charge on any atom is -0.308 e. The van der Waals surface area contributed by atoms with Gasteiger partial charge in [0.25, 0.3) is 0 Å². The normalized spacial score (nSPS) is 13.0. The maximum Gasteiger partial charge on any atom is 0.162 e. The molecule has 3 aromatic heterocycles. The monoisotopic (exact) mass is 580 g/mol. The lowest BCUT2D eigenvalue weighted by molar-refractivity contribution is 0.591. The summed E-state index contributed by atoms with van der Waals surface area (Å²) in [6.07, 6.45) is 4.33. The maximum atomic E-state index is 5.33. The van der Waals surface area contributed by atoms with Gasteiger partial charge in [-0.05, 0) is 59.9 Å². The van der Waals surface area contributed by atoms with Crippen molar-refractivity contribution in [3.63, 3.8) is 0 Å². The van der Waals surface area contributed by atoms with Crippen LogP contribution in [0.3, 0.4) is 0 Å². The summed E-state index contributed by atoms with van der Waals surface area (Å²) in [6, 6.07) is 39.2. The predicted molar refractivity (Wildman–Crippen MR) is 188 cm³/mol. The highest BCUT2D eigenvalue weighted by Gasteiger charge is 2.25. The molecule has 0 radical (unpaired) electrons. The molecule has 45 heavy (non-hydrogen) atoms. The molecule has 0 atom stereocenters. The highest BCUT2D eigenvalue weighted by atomic mass is 15.1. The Morgan fingerprint density at radius 2 is 1.36 bits per heavy atom. The molecule has 1 aliphatic heterocycles. The van der Waals surface area contributed by atoms with Gasteiger partial charge in [0.05, 0.1) is 22.2 Å². The fourth-order valence-corrected chi connectivity index (χ4v) is 7.20. The molecule has 8 aromatic rings. The number of aromatic nitrogens is 4. The summed E-state index contributed by atoms with van der Waals surface area (Å²) in [5.74, 6) is 0.720. The van der Waals surface area contributed by atoms with Gasteiger partial charge in [-0.1, -0.05) is 99.6 Å². The van der Waals surface area contributed by atoms with Crippen molar-refractivity contribution in [2.24, 2.45) is 0 Å². The van der Waals surface area contributed by atoms with Crippen molar-refractivity contribution in [3.8, 4) is 22.8 Å². The van der Waals surface area contributed by atoms with Crippen LogP contribution in [0.4, 0.5) is 0 Å². The zero-order valence-corrected chi connectivity index (χ0v) is 25.8. The second-order valence-electron chi connectivity index (χ2n) is 13.2. The molecule has 0 amide bonds. The van der Waals surface area contributed by atoms with Crippen molar-refractivity contribution in [2.75, 3.05) is 0 Å². The van der Waals surface area contributed by atoms with Crippen LogP contribution in [-0.4, -0.2) is 19.1 Å². The SMILES string of the molecule is CC1=Cc2c(-c3ncc4c5ccccc5n(-c5ccccc5)c4n3)cccc2-n2c3cc(C(C)(C)C)ccc3c3cccc1c32. The summed E-state index contributed by atoms with van der Waals surface area (Å²) < 4.78 is 4.73. The van der Waals surface area contributed by atoms with Crippen molar-refractivity contribution in [3.05, 3.63) is 132 Å². The van der Waals surface area contributed by atoms with Crippen LogP contribution in [0.15, 0.2) is 115 Å². The molecule has 0 saturated heterocycles. The number of rotatable bonds is 2. The van der Waals surface area contributed by atoms with Crippen LogP contribution in [0.5, 0.6) is 0 Å². The summed E-state index contributed by atoms with van der Waals surface area (Å²) in [7, 11) is 0. The standard InChI is InChI=1S/C41H32N4/c1-25-22-33-32(39-42-24-34-29-14-8-9-18-35(29)44(40(34)43-39)27-12-6-5-7-13-27)17-11-19-36(33)45-37-23-26(41(2,3)4)20-21-30(37)31-16-10-15-28(25)38(31)45/h5-24H,1-4H3. The van der Waals surface area contributed by atoms with E-state index in [9.17, 15) is 0 Å². The quantitative estimate of drug-likeness (QED) is 0.204. The molecular weight excluding hydrogens is 548 g/mol. The van der Waals surface area contributed by atoms with Crippen LogP contribution >= 0.6 is 0 Å². The Hall–Kier alpha value is -5.48. The summed E-state index contributed by atoms with van der Waals surface area (Å²) >= 11 is 0. The first kappa shape index (κ1) is 26.0. The van der Waals surface area contributed by atoms with E-state index in [1.165, 1.54) is 38.5 Å². The lowest BCUT2D eigenvalue weighted by atomic mass is 9.86. The van der Waals surface area contributed by atoms with Gasteiger partial charge >= 0.3 is 0 Å². The van der Waals surface area contributed by atoms with E-state index in [0.717, 1.165) is 50.3 Å². The third-order valence-electron chi connectivity index (χ3n) is 9.44. The molecule has 5 aromatic carbocycles. The molecule has 4 heterocycles. The van der Waals surface area contributed by atoms with Crippen molar-refractivity contribution < 1.29 is 0 Å². The number of nitrogens with zero attached hydrogens (tertiary/aromatic N) is 4. The van der Waals surface area contributed by atoms with Crippen molar-refractivity contribution in [1.82, 2.24) is 19.1 Å². The second kappa shape index (κ2) is 9.26. The van der Waals surface area contributed by atoms with Gasteiger partial charge in [-0.2, -0.15) is 0 Å². The largest absolute Gasteiger partial charge is 0.308 e.